The van der Waals surface area contributed by atoms with Crippen molar-refractivity contribution in [2.24, 2.45) is 11.5 Å². The summed E-state index contributed by atoms with van der Waals surface area (Å²) in [5.74, 6) is -0.258. The third-order valence-electron chi connectivity index (χ3n) is 5.05. The fraction of sp³-hybridized carbons (Fsp3) is 0.391. The molecule has 2 rings (SSSR count). The van der Waals surface area contributed by atoms with Gasteiger partial charge in [0.05, 0.1) is 6.04 Å². The maximum atomic E-state index is 13.4. The van der Waals surface area contributed by atoms with Gasteiger partial charge in [-0.1, -0.05) is 55.5 Å². The minimum absolute atomic E-state index is 0.258. The van der Waals surface area contributed by atoms with Gasteiger partial charge in [0, 0.05) is 5.69 Å². The normalized spacial score (nSPS) is 13.0. The first-order chi connectivity index (χ1) is 14.0. The molecule has 0 bridgehead atoms. The second-order valence-electron chi connectivity index (χ2n) is 7.11. The quantitative estimate of drug-likeness (QED) is 0.494. The number of thiol groups is 1. The summed E-state index contributed by atoms with van der Waals surface area (Å²) >= 11 is 4.08. The molecule has 4 N–H and O–H groups in total. The van der Waals surface area contributed by atoms with Gasteiger partial charge in [-0.15, -0.1) is 12.6 Å². The van der Waals surface area contributed by atoms with Crippen LogP contribution in [0.3, 0.4) is 0 Å². The van der Waals surface area contributed by atoms with Gasteiger partial charge in [0.2, 0.25) is 11.0 Å². The van der Waals surface area contributed by atoms with Crippen LogP contribution in [0.2, 0.25) is 0 Å². The molecule has 0 fully saturated rings. The molecule has 0 radical (unpaired) electrons. The Hall–Kier alpha value is -2.15. The third-order valence-corrected chi connectivity index (χ3v) is 5.35. The second-order valence-corrected chi connectivity index (χ2v) is 7.55. The summed E-state index contributed by atoms with van der Waals surface area (Å²) in [6, 6.07) is 16.2. The monoisotopic (exact) mass is 413 g/mol. The summed E-state index contributed by atoms with van der Waals surface area (Å²) in [7, 11) is 0. The van der Waals surface area contributed by atoms with Crippen LogP contribution >= 0.6 is 12.6 Å². The number of carbonyl (C=O) groups excluding carboxylic acids is 2. The third kappa shape index (κ3) is 6.42. The maximum Gasteiger partial charge on any atom is 0.244 e. The molecule has 0 heterocycles. The molecule has 0 saturated heterocycles. The van der Waals surface area contributed by atoms with Gasteiger partial charge in [0.1, 0.15) is 6.04 Å². The zero-order chi connectivity index (χ0) is 21.2. The Morgan fingerprint density at radius 1 is 1.03 bits per heavy atom. The van der Waals surface area contributed by atoms with Crippen LogP contribution in [0.15, 0.2) is 54.6 Å². The van der Waals surface area contributed by atoms with E-state index in [1.54, 1.807) is 4.90 Å². The Kier molecular flexibility index (Phi) is 9.38. The highest BCUT2D eigenvalue weighted by Crippen LogP contribution is 2.27. The van der Waals surface area contributed by atoms with Gasteiger partial charge in [0.25, 0.3) is 0 Å². The van der Waals surface area contributed by atoms with Gasteiger partial charge in [-0.3, -0.25) is 14.5 Å². The number of hydrogen-bond donors (Lipinski definition) is 3. The van der Waals surface area contributed by atoms with Crippen molar-refractivity contribution in [1.82, 2.24) is 0 Å². The summed E-state index contributed by atoms with van der Waals surface area (Å²) in [6.07, 6.45) is 3.00. The van der Waals surface area contributed by atoms with Gasteiger partial charge in [-0.25, -0.2) is 0 Å². The summed E-state index contributed by atoms with van der Waals surface area (Å²) in [5.41, 5.74) is 14.8. The Balaban J connectivity index is 2.31. The molecule has 5 nitrogen and oxygen atoms in total. The van der Waals surface area contributed by atoms with Crippen LogP contribution in [0.4, 0.5) is 5.69 Å². The van der Waals surface area contributed by atoms with E-state index in [1.165, 1.54) is 0 Å². The van der Waals surface area contributed by atoms with Crippen LogP contribution in [-0.2, 0) is 22.4 Å². The molecule has 0 unspecified atom stereocenters. The van der Waals surface area contributed by atoms with Crippen molar-refractivity contribution in [3.63, 3.8) is 0 Å². The first-order valence-corrected chi connectivity index (χ1v) is 10.6. The smallest absolute Gasteiger partial charge is 0.244 e. The van der Waals surface area contributed by atoms with Crippen LogP contribution in [0.1, 0.15) is 37.3 Å². The molecule has 6 heteroatoms. The second kappa shape index (κ2) is 11.8. The molecule has 1 amide bonds. The predicted molar refractivity (Wildman–Crippen MR) is 122 cm³/mol. The Bertz CT molecular complexity index is 798. The number of para-hydroxylation sites is 1. The molecule has 156 valence electrons. The zero-order valence-electron chi connectivity index (χ0n) is 17.0. The van der Waals surface area contributed by atoms with Crippen LogP contribution in [0.5, 0.6) is 0 Å². The minimum Gasteiger partial charge on any atom is -0.330 e. The topological polar surface area (TPSA) is 89.4 Å². The lowest BCUT2D eigenvalue weighted by Gasteiger charge is -2.33. The molecule has 2 aromatic carbocycles. The first kappa shape index (κ1) is 23.1. The van der Waals surface area contributed by atoms with Gasteiger partial charge in [-0.05, 0) is 55.8 Å². The van der Waals surface area contributed by atoms with Crippen LogP contribution in [0.25, 0.3) is 0 Å². The van der Waals surface area contributed by atoms with Gasteiger partial charge in [-0.2, -0.15) is 0 Å². The first-order valence-electron chi connectivity index (χ1n) is 10.1. The number of rotatable bonds is 11. The predicted octanol–water partition coefficient (Wildman–Crippen LogP) is 3.11. The maximum absolute atomic E-state index is 13.4. The molecule has 0 aliphatic rings. The fourth-order valence-electron chi connectivity index (χ4n) is 3.43. The summed E-state index contributed by atoms with van der Waals surface area (Å²) in [4.78, 5) is 27.3. The Labute approximate surface area is 178 Å². The standard InChI is InChI=1S/C23H31N3O2S/c1-2-18-11-6-7-12-20(18)26(21(23(28)29)13-8-16-24)22(27)19(25)15-14-17-9-4-3-5-10-17/h3-7,9-12,19,21H,2,8,13-16,24-25H2,1H3,(H,28,29)/t19-,21-/m0/s1. The number of benzene rings is 2. The Morgan fingerprint density at radius 3 is 2.31 bits per heavy atom. The number of amides is 1. The number of hydrogen-bond acceptors (Lipinski definition) is 4. The summed E-state index contributed by atoms with van der Waals surface area (Å²) in [6.45, 7) is 2.46. The van der Waals surface area contributed by atoms with Crippen LogP contribution in [-0.4, -0.2) is 29.7 Å². The minimum atomic E-state index is -0.715. The van der Waals surface area contributed by atoms with E-state index in [1.807, 2.05) is 61.5 Å². The molecule has 0 spiro atoms. The summed E-state index contributed by atoms with van der Waals surface area (Å²) < 4.78 is 0. The van der Waals surface area contributed by atoms with Crippen molar-refractivity contribution >= 4 is 29.3 Å². The van der Waals surface area contributed by atoms with Gasteiger partial charge >= 0.3 is 0 Å². The number of aryl methyl sites for hydroxylation is 2. The number of carbonyl (C=O) groups is 2. The zero-order valence-corrected chi connectivity index (χ0v) is 17.9. The average Bonchev–Trinajstić information content (AvgIpc) is 2.75. The van der Waals surface area contributed by atoms with E-state index in [0.717, 1.165) is 23.2 Å². The lowest BCUT2D eigenvalue weighted by Crippen LogP contribution is -2.51. The highest BCUT2D eigenvalue weighted by molar-refractivity contribution is 7.96. The van der Waals surface area contributed by atoms with Crippen molar-refractivity contribution in [3.05, 3.63) is 65.7 Å². The molecule has 0 aliphatic carbocycles. The molecular formula is C23H31N3O2S. The lowest BCUT2D eigenvalue weighted by atomic mass is 10.0. The van der Waals surface area contributed by atoms with E-state index >= 15 is 0 Å². The van der Waals surface area contributed by atoms with E-state index in [0.29, 0.717) is 32.2 Å². The number of nitrogens with two attached hydrogens (primary N) is 2. The molecular weight excluding hydrogens is 382 g/mol. The highest BCUT2D eigenvalue weighted by atomic mass is 32.1. The molecule has 29 heavy (non-hydrogen) atoms. The van der Waals surface area contributed by atoms with E-state index in [9.17, 15) is 9.59 Å². The molecule has 0 aromatic heterocycles. The fourth-order valence-corrected chi connectivity index (χ4v) is 3.67. The van der Waals surface area contributed by atoms with E-state index < -0.39 is 12.1 Å². The number of anilines is 1. The van der Waals surface area contributed by atoms with Gasteiger partial charge < -0.3 is 11.5 Å². The highest BCUT2D eigenvalue weighted by Gasteiger charge is 2.33. The van der Waals surface area contributed by atoms with E-state index in [4.69, 9.17) is 11.5 Å². The average molecular weight is 414 g/mol. The molecule has 2 aromatic rings. The van der Waals surface area contributed by atoms with Crippen molar-refractivity contribution in [1.29, 1.82) is 0 Å². The van der Waals surface area contributed by atoms with Crippen molar-refractivity contribution in [2.45, 2.75) is 51.1 Å². The van der Waals surface area contributed by atoms with Gasteiger partial charge in [0.15, 0.2) is 0 Å². The molecule has 0 aliphatic heterocycles. The Morgan fingerprint density at radius 2 is 1.69 bits per heavy atom. The molecule has 2 atom stereocenters. The lowest BCUT2D eigenvalue weighted by molar-refractivity contribution is -0.122. The van der Waals surface area contributed by atoms with Crippen molar-refractivity contribution < 1.29 is 9.59 Å². The van der Waals surface area contributed by atoms with Crippen molar-refractivity contribution in [2.75, 3.05) is 11.4 Å². The van der Waals surface area contributed by atoms with Crippen LogP contribution in [0, 0.1) is 0 Å². The summed E-state index contributed by atoms with van der Waals surface area (Å²) in [5, 5.41) is -0.354. The SMILES string of the molecule is CCc1ccccc1N(C(=O)[C@@H](N)CCc1ccccc1)[C@@H](CCCN)C(=O)S. The van der Waals surface area contributed by atoms with Crippen molar-refractivity contribution in [3.8, 4) is 0 Å². The van der Waals surface area contributed by atoms with E-state index in [-0.39, 0.29) is 11.0 Å². The molecule has 0 saturated carbocycles. The number of nitrogens with zero attached hydrogens (tertiary/aromatic N) is 1. The van der Waals surface area contributed by atoms with E-state index in [2.05, 4.69) is 12.6 Å². The van der Waals surface area contributed by atoms with Crippen LogP contribution < -0.4 is 16.4 Å². The largest absolute Gasteiger partial charge is 0.330 e.